The Morgan fingerprint density at radius 1 is 1.50 bits per heavy atom. The maximum absolute atomic E-state index is 9.73. The third-order valence-electron chi connectivity index (χ3n) is 2.99. The van der Waals surface area contributed by atoms with Crippen molar-refractivity contribution in [2.24, 2.45) is 5.41 Å². The van der Waals surface area contributed by atoms with Crippen molar-refractivity contribution in [1.82, 2.24) is 0 Å². The second-order valence-electron chi connectivity index (χ2n) is 3.78. The molecule has 1 spiro atoms. The lowest BCUT2D eigenvalue weighted by Gasteiger charge is -2.37. The fourth-order valence-electron chi connectivity index (χ4n) is 1.86. The second-order valence-corrected chi connectivity index (χ2v) is 4.25. The molecule has 12 heavy (non-hydrogen) atoms. The highest BCUT2D eigenvalue weighted by Gasteiger charge is 2.57. The maximum Gasteiger partial charge on any atom is 0.109 e. The van der Waals surface area contributed by atoms with Crippen molar-refractivity contribution in [1.29, 1.82) is 0 Å². The third kappa shape index (κ3) is 1.18. The highest BCUT2D eigenvalue weighted by atomic mass is 32.1. The van der Waals surface area contributed by atoms with Gasteiger partial charge in [0, 0.05) is 11.8 Å². The summed E-state index contributed by atoms with van der Waals surface area (Å²) < 4.78 is 5.44. The molecule has 2 rings (SSSR count). The van der Waals surface area contributed by atoms with Crippen LogP contribution in [0.3, 0.4) is 0 Å². The van der Waals surface area contributed by atoms with Crippen LogP contribution in [0.2, 0.25) is 0 Å². The smallest absolute Gasteiger partial charge is 0.109 e. The lowest BCUT2D eigenvalue weighted by molar-refractivity contribution is -0.123. The fraction of sp³-hybridized carbons (Fsp3) is 1.00. The molecule has 70 valence electrons. The summed E-state index contributed by atoms with van der Waals surface area (Å²) in [7, 11) is 0. The molecule has 1 saturated carbocycles. The average molecular weight is 190 g/mol. The van der Waals surface area contributed by atoms with Crippen molar-refractivity contribution in [3.05, 3.63) is 0 Å². The molecular formula is C8H14O3S. The molecule has 1 aliphatic carbocycles. The van der Waals surface area contributed by atoms with Crippen molar-refractivity contribution >= 4 is 12.6 Å². The molecule has 2 N–H and O–H groups in total. The first-order valence-corrected chi connectivity index (χ1v) is 4.83. The maximum atomic E-state index is 9.73. The SMILES string of the molecule is OC[C@@H]1C[C@H](O)C2(CC2)[C@H](S)O1. The normalized spacial score (nSPS) is 44.8. The Kier molecular flexibility index (Phi) is 2.11. The first-order valence-electron chi connectivity index (χ1n) is 4.31. The van der Waals surface area contributed by atoms with Crippen molar-refractivity contribution in [3.8, 4) is 0 Å². The molecule has 0 aromatic rings. The van der Waals surface area contributed by atoms with E-state index in [0.29, 0.717) is 6.42 Å². The average Bonchev–Trinajstić information content (AvgIpc) is 2.81. The Bertz CT molecular complexity index is 167. The summed E-state index contributed by atoms with van der Waals surface area (Å²) in [6.45, 7) is -0.0236. The van der Waals surface area contributed by atoms with E-state index in [1.165, 1.54) is 0 Å². The minimum atomic E-state index is -0.342. The first-order chi connectivity index (χ1) is 5.69. The molecule has 1 aliphatic heterocycles. The Labute approximate surface area is 77.1 Å². The Morgan fingerprint density at radius 2 is 2.17 bits per heavy atom. The summed E-state index contributed by atoms with van der Waals surface area (Å²) in [5.74, 6) is 0. The van der Waals surface area contributed by atoms with Gasteiger partial charge in [-0.3, -0.25) is 0 Å². The lowest BCUT2D eigenvalue weighted by Crippen LogP contribution is -2.44. The van der Waals surface area contributed by atoms with E-state index in [2.05, 4.69) is 12.6 Å². The van der Waals surface area contributed by atoms with Gasteiger partial charge in [0.05, 0.1) is 18.8 Å². The molecule has 0 bridgehead atoms. The zero-order chi connectivity index (χ0) is 8.77. The van der Waals surface area contributed by atoms with Crippen LogP contribution in [0.1, 0.15) is 19.3 Å². The molecule has 1 saturated heterocycles. The number of aliphatic hydroxyl groups is 2. The molecule has 0 aromatic carbocycles. The largest absolute Gasteiger partial charge is 0.394 e. The summed E-state index contributed by atoms with van der Waals surface area (Å²) in [6.07, 6.45) is 1.98. The van der Waals surface area contributed by atoms with E-state index in [0.717, 1.165) is 12.8 Å². The second kappa shape index (κ2) is 2.87. The topological polar surface area (TPSA) is 49.7 Å². The van der Waals surface area contributed by atoms with E-state index in [4.69, 9.17) is 9.84 Å². The Balaban J connectivity index is 2.04. The quantitative estimate of drug-likeness (QED) is 0.516. The molecule has 3 atom stereocenters. The Hall–Kier alpha value is 0.230. The van der Waals surface area contributed by atoms with Gasteiger partial charge in [-0.15, -0.1) is 12.6 Å². The van der Waals surface area contributed by atoms with E-state index < -0.39 is 0 Å². The Morgan fingerprint density at radius 3 is 2.58 bits per heavy atom. The van der Waals surface area contributed by atoms with Gasteiger partial charge < -0.3 is 14.9 Å². The molecule has 0 aromatic heterocycles. The van der Waals surface area contributed by atoms with Gasteiger partial charge >= 0.3 is 0 Å². The molecule has 4 heteroatoms. The van der Waals surface area contributed by atoms with Crippen LogP contribution in [-0.2, 0) is 4.74 Å². The van der Waals surface area contributed by atoms with E-state index in [1.807, 2.05) is 0 Å². The minimum absolute atomic E-state index is 0.0236. The number of rotatable bonds is 1. The van der Waals surface area contributed by atoms with Gasteiger partial charge in [0.2, 0.25) is 0 Å². The van der Waals surface area contributed by atoms with Crippen LogP contribution >= 0.6 is 12.6 Å². The zero-order valence-electron chi connectivity index (χ0n) is 6.81. The van der Waals surface area contributed by atoms with E-state index in [9.17, 15) is 5.11 Å². The number of ether oxygens (including phenoxy) is 1. The van der Waals surface area contributed by atoms with Gasteiger partial charge in [0.25, 0.3) is 0 Å². The summed E-state index contributed by atoms with van der Waals surface area (Å²) >= 11 is 4.28. The fourth-order valence-corrected chi connectivity index (χ4v) is 2.47. The zero-order valence-corrected chi connectivity index (χ0v) is 7.70. The standard InChI is InChI=1S/C8H14O3S/c9-4-5-3-6(10)8(1-2-8)7(12)11-5/h5-7,9-10,12H,1-4H2/t5-,6-,7-/m0/s1. The molecule has 2 fully saturated rings. The van der Waals surface area contributed by atoms with E-state index in [-0.39, 0.29) is 29.7 Å². The number of hydrogen-bond donors (Lipinski definition) is 3. The van der Waals surface area contributed by atoms with E-state index >= 15 is 0 Å². The first kappa shape index (κ1) is 8.81. The highest BCUT2D eigenvalue weighted by molar-refractivity contribution is 7.80. The van der Waals surface area contributed by atoms with Gasteiger partial charge in [0.1, 0.15) is 5.44 Å². The van der Waals surface area contributed by atoms with Crippen molar-refractivity contribution < 1.29 is 14.9 Å². The highest BCUT2D eigenvalue weighted by Crippen LogP contribution is 2.57. The lowest BCUT2D eigenvalue weighted by atomic mass is 9.92. The molecule has 0 radical (unpaired) electrons. The predicted octanol–water partition coefficient (Wildman–Crippen LogP) is 0.165. The van der Waals surface area contributed by atoms with Crippen LogP contribution in [0, 0.1) is 5.41 Å². The minimum Gasteiger partial charge on any atom is -0.394 e. The molecule has 2 aliphatic rings. The molecule has 1 heterocycles. The van der Waals surface area contributed by atoms with Crippen LogP contribution in [0.25, 0.3) is 0 Å². The number of thiol groups is 1. The molecular weight excluding hydrogens is 176 g/mol. The van der Waals surface area contributed by atoms with Crippen molar-refractivity contribution in [2.45, 2.75) is 36.9 Å². The predicted molar refractivity (Wildman–Crippen MR) is 47.0 cm³/mol. The molecule has 3 nitrogen and oxygen atoms in total. The van der Waals surface area contributed by atoms with Crippen LogP contribution in [0.5, 0.6) is 0 Å². The van der Waals surface area contributed by atoms with E-state index in [1.54, 1.807) is 0 Å². The van der Waals surface area contributed by atoms with Crippen LogP contribution in [0.4, 0.5) is 0 Å². The summed E-state index contributed by atoms with van der Waals surface area (Å²) in [6, 6.07) is 0. The summed E-state index contributed by atoms with van der Waals surface area (Å²) in [4.78, 5) is 0. The van der Waals surface area contributed by atoms with Crippen LogP contribution in [0.15, 0.2) is 0 Å². The summed E-state index contributed by atoms with van der Waals surface area (Å²) in [5, 5.41) is 18.6. The number of aliphatic hydroxyl groups excluding tert-OH is 2. The van der Waals surface area contributed by atoms with Gasteiger partial charge in [0.15, 0.2) is 0 Å². The van der Waals surface area contributed by atoms with Gasteiger partial charge in [-0.1, -0.05) is 0 Å². The van der Waals surface area contributed by atoms with Crippen LogP contribution < -0.4 is 0 Å². The monoisotopic (exact) mass is 190 g/mol. The summed E-state index contributed by atoms with van der Waals surface area (Å²) in [5.41, 5.74) is -0.284. The molecule has 0 unspecified atom stereocenters. The van der Waals surface area contributed by atoms with Crippen molar-refractivity contribution in [3.63, 3.8) is 0 Å². The van der Waals surface area contributed by atoms with Gasteiger partial charge in [-0.05, 0) is 12.8 Å². The van der Waals surface area contributed by atoms with Gasteiger partial charge in [-0.25, -0.2) is 0 Å². The molecule has 0 amide bonds. The third-order valence-corrected chi connectivity index (χ3v) is 3.63. The van der Waals surface area contributed by atoms with Gasteiger partial charge in [-0.2, -0.15) is 0 Å². The van der Waals surface area contributed by atoms with Crippen LogP contribution in [-0.4, -0.2) is 34.5 Å². The van der Waals surface area contributed by atoms with Crippen molar-refractivity contribution in [2.75, 3.05) is 6.61 Å². The number of hydrogen-bond acceptors (Lipinski definition) is 4.